The van der Waals surface area contributed by atoms with E-state index >= 15 is 0 Å². The molecule has 1 atom stereocenters. The van der Waals surface area contributed by atoms with Crippen LogP contribution in [0.15, 0.2) is 5.10 Å². The second-order valence-electron chi connectivity index (χ2n) is 5.13. The van der Waals surface area contributed by atoms with Gasteiger partial charge in [0, 0.05) is 13.2 Å². The van der Waals surface area contributed by atoms with E-state index in [0.29, 0.717) is 33.1 Å². The van der Waals surface area contributed by atoms with E-state index in [2.05, 4.69) is 10.4 Å². The molecule has 10 heteroatoms. The number of nitrogens with zero attached hydrogens (tertiary/aromatic N) is 4. The van der Waals surface area contributed by atoms with Gasteiger partial charge in [0.2, 0.25) is 0 Å². The third kappa shape index (κ3) is 4.81. The number of rotatable bonds is 6. The molecule has 22 heavy (non-hydrogen) atoms. The highest BCUT2D eigenvalue weighted by Gasteiger charge is 2.29. The van der Waals surface area contributed by atoms with Gasteiger partial charge in [0.25, 0.3) is 5.96 Å². The summed E-state index contributed by atoms with van der Waals surface area (Å²) < 4.78 is 10.5. The molecule has 0 aromatic heterocycles. The van der Waals surface area contributed by atoms with Gasteiger partial charge in [0.1, 0.15) is 5.10 Å². The molecule has 0 aromatic carbocycles. The van der Waals surface area contributed by atoms with Crippen LogP contribution in [0.4, 0.5) is 0 Å². The quantitative estimate of drug-likeness (QED) is 0.393. The van der Waals surface area contributed by atoms with Gasteiger partial charge in [-0.2, -0.15) is 0 Å². The molecule has 10 nitrogen and oxygen atoms in total. The van der Waals surface area contributed by atoms with Crippen molar-refractivity contribution in [2.75, 3.05) is 39.6 Å². The number of nitrogens with one attached hydrogen (secondary N) is 1. The molecule has 2 heterocycles. The Kier molecular flexibility index (Phi) is 5.90. The lowest BCUT2D eigenvalue weighted by atomic mass is 10.2. The number of carbonyl (C=O) groups excluding carboxylic acids is 1. The SMILES string of the molecule is CCOC(=O)CN1CN/C(=N\[N+](=O)[O-])N(CC2CCCO2)C1. The first-order valence-corrected chi connectivity index (χ1v) is 7.30. The van der Waals surface area contributed by atoms with E-state index in [1.807, 2.05) is 0 Å². The lowest BCUT2D eigenvalue weighted by Crippen LogP contribution is -2.59. The molecule has 0 spiro atoms. The number of hydrogen-bond donors (Lipinski definition) is 1. The van der Waals surface area contributed by atoms with Crippen LogP contribution in [0.25, 0.3) is 0 Å². The summed E-state index contributed by atoms with van der Waals surface area (Å²) in [5, 5.41) is 16.1. The fourth-order valence-corrected chi connectivity index (χ4v) is 2.50. The molecule has 1 N–H and O–H groups in total. The molecule has 0 bridgehead atoms. The Morgan fingerprint density at radius 1 is 1.64 bits per heavy atom. The Morgan fingerprint density at radius 2 is 2.45 bits per heavy atom. The second kappa shape index (κ2) is 7.90. The van der Waals surface area contributed by atoms with Crippen LogP contribution >= 0.6 is 0 Å². The van der Waals surface area contributed by atoms with Crippen molar-refractivity contribution in [2.24, 2.45) is 5.10 Å². The third-order valence-electron chi connectivity index (χ3n) is 3.41. The van der Waals surface area contributed by atoms with E-state index in [0.717, 1.165) is 12.8 Å². The van der Waals surface area contributed by atoms with Crippen LogP contribution in [0.5, 0.6) is 0 Å². The fourth-order valence-electron chi connectivity index (χ4n) is 2.50. The highest BCUT2D eigenvalue weighted by atomic mass is 16.7. The normalized spacial score (nSPS) is 24.3. The van der Waals surface area contributed by atoms with Crippen molar-refractivity contribution in [1.29, 1.82) is 0 Å². The summed E-state index contributed by atoms with van der Waals surface area (Å²) in [7, 11) is 0. The zero-order valence-electron chi connectivity index (χ0n) is 12.6. The maximum Gasteiger partial charge on any atom is 0.320 e. The Labute approximate surface area is 128 Å². The Morgan fingerprint density at radius 3 is 3.09 bits per heavy atom. The number of carbonyl (C=O) groups is 1. The summed E-state index contributed by atoms with van der Waals surface area (Å²) in [6.45, 7) is 4.06. The van der Waals surface area contributed by atoms with Gasteiger partial charge >= 0.3 is 5.97 Å². The van der Waals surface area contributed by atoms with Crippen molar-refractivity contribution in [3.63, 3.8) is 0 Å². The molecule has 2 aliphatic rings. The molecule has 2 saturated heterocycles. The predicted octanol–water partition coefficient (Wildman–Crippen LogP) is -0.602. The van der Waals surface area contributed by atoms with Crippen LogP contribution in [0.1, 0.15) is 19.8 Å². The first kappa shape index (κ1) is 16.4. The molecule has 2 rings (SSSR count). The minimum Gasteiger partial charge on any atom is -0.465 e. The molecule has 2 fully saturated rings. The zero-order chi connectivity index (χ0) is 15.9. The molecular formula is C12H21N5O5. The molecule has 124 valence electrons. The molecule has 0 saturated carbocycles. The number of hydrogen-bond acceptors (Lipinski definition) is 6. The van der Waals surface area contributed by atoms with Gasteiger partial charge < -0.3 is 19.7 Å². The van der Waals surface area contributed by atoms with Crippen molar-refractivity contribution in [2.45, 2.75) is 25.9 Å². The van der Waals surface area contributed by atoms with E-state index in [-0.39, 0.29) is 24.6 Å². The predicted molar refractivity (Wildman–Crippen MR) is 76.3 cm³/mol. The third-order valence-corrected chi connectivity index (χ3v) is 3.41. The van der Waals surface area contributed by atoms with E-state index in [4.69, 9.17) is 9.47 Å². The molecule has 0 amide bonds. The summed E-state index contributed by atoms with van der Waals surface area (Å²) in [4.78, 5) is 25.7. The van der Waals surface area contributed by atoms with Crippen LogP contribution in [0.3, 0.4) is 0 Å². The molecule has 2 aliphatic heterocycles. The van der Waals surface area contributed by atoms with Crippen LogP contribution in [0.2, 0.25) is 0 Å². The topological polar surface area (TPSA) is 110 Å². The monoisotopic (exact) mass is 315 g/mol. The minimum absolute atomic E-state index is 0.0290. The van der Waals surface area contributed by atoms with Gasteiger partial charge in [-0.3, -0.25) is 9.69 Å². The van der Waals surface area contributed by atoms with Crippen LogP contribution in [0, 0.1) is 10.1 Å². The second-order valence-corrected chi connectivity index (χ2v) is 5.13. The average molecular weight is 315 g/mol. The first-order chi connectivity index (χ1) is 10.6. The Hall–Kier alpha value is -1.94. The fraction of sp³-hybridized carbons (Fsp3) is 0.833. The van der Waals surface area contributed by atoms with Crippen LogP contribution < -0.4 is 5.32 Å². The summed E-state index contributed by atoms with van der Waals surface area (Å²) in [6.07, 6.45) is 1.93. The lowest BCUT2D eigenvalue weighted by molar-refractivity contribution is -0.486. The van der Waals surface area contributed by atoms with Crippen molar-refractivity contribution in [1.82, 2.24) is 15.1 Å². The maximum atomic E-state index is 11.5. The summed E-state index contributed by atoms with van der Waals surface area (Å²) >= 11 is 0. The number of guanidine groups is 1. The van der Waals surface area contributed by atoms with E-state index in [1.165, 1.54) is 0 Å². The zero-order valence-corrected chi connectivity index (χ0v) is 12.6. The summed E-state index contributed by atoms with van der Waals surface area (Å²) in [6, 6.07) is 0. The van der Waals surface area contributed by atoms with Crippen molar-refractivity contribution in [3.8, 4) is 0 Å². The highest BCUT2D eigenvalue weighted by molar-refractivity contribution is 5.80. The maximum absolute atomic E-state index is 11.5. The molecule has 1 unspecified atom stereocenters. The first-order valence-electron chi connectivity index (χ1n) is 7.30. The molecule has 0 aromatic rings. The molecular weight excluding hydrogens is 294 g/mol. The summed E-state index contributed by atoms with van der Waals surface area (Å²) in [5.41, 5.74) is 0. The van der Waals surface area contributed by atoms with Gasteiger partial charge in [-0.25, -0.2) is 10.1 Å². The van der Waals surface area contributed by atoms with Crippen molar-refractivity contribution < 1.29 is 19.3 Å². The number of hydrazone groups is 1. The van der Waals surface area contributed by atoms with Crippen molar-refractivity contribution >= 4 is 11.9 Å². The van der Waals surface area contributed by atoms with Gasteiger partial charge in [0.15, 0.2) is 5.03 Å². The number of nitro groups is 1. The van der Waals surface area contributed by atoms with Gasteiger partial charge in [-0.15, -0.1) is 0 Å². The number of ether oxygens (including phenoxy) is 2. The van der Waals surface area contributed by atoms with Crippen molar-refractivity contribution in [3.05, 3.63) is 10.1 Å². The van der Waals surface area contributed by atoms with E-state index in [1.54, 1.807) is 16.7 Å². The molecule has 0 radical (unpaired) electrons. The Balaban J connectivity index is 1.97. The minimum atomic E-state index is -0.730. The largest absolute Gasteiger partial charge is 0.465 e. The summed E-state index contributed by atoms with van der Waals surface area (Å²) in [5.74, 6) is -0.128. The average Bonchev–Trinajstić information content (AvgIpc) is 2.94. The highest BCUT2D eigenvalue weighted by Crippen LogP contribution is 2.15. The van der Waals surface area contributed by atoms with E-state index in [9.17, 15) is 14.9 Å². The lowest BCUT2D eigenvalue weighted by Gasteiger charge is -2.37. The standard InChI is InChI=1S/C12H21N5O5/c1-2-21-11(18)7-15-8-13-12(14-17(19)20)16(9-15)6-10-4-3-5-22-10/h10H,2-9H2,1H3,(H,13,14). The van der Waals surface area contributed by atoms with Gasteiger partial charge in [-0.05, 0) is 19.8 Å². The van der Waals surface area contributed by atoms with Crippen LogP contribution in [-0.4, -0.2) is 72.5 Å². The smallest absolute Gasteiger partial charge is 0.320 e. The Bertz CT molecular complexity index is 438. The van der Waals surface area contributed by atoms with E-state index < -0.39 is 5.03 Å². The number of esters is 1. The van der Waals surface area contributed by atoms with Gasteiger partial charge in [0.05, 0.1) is 32.6 Å². The molecule has 0 aliphatic carbocycles. The van der Waals surface area contributed by atoms with Gasteiger partial charge in [-0.1, -0.05) is 0 Å². The van der Waals surface area contributed by atoms with Crippen LogP contribution in [-0.2, 0) is 14.3 Å².